The molecular weight excluding hydrogens is 640 g/mol. The Bertz CT molecular complexity index is 1250. The number of nitrogens with one attached hydrogen (secondary N) is 2. The summed E-state index contributed by atoms with van der Waals surface area (Å²) < 4.78 is 73.0. The monoisotopic (exact) mass is 678 g/mol. The van der Waals surface area contributed by atoms with E-state index in [0.717, 1.165) is 0 Å². The van der Waals surface area contributed by atoms with Gasteiger partial charge < -0.3 is 24.5 Å². The number of alkyl carbamates (subject to hydrolysis) is 1. The molecule has 7 nitrogen and oxygen atoms in total. The molecule has 234 valence electrons. The number of ether oxygens (including phenoxy) is 2. The van der Waals surface area contributed by atoms with Crippen molar-refractivity contribution in [1.82, 2.24) is 5.32 Å². The van der Waals surface area contributed by atoms with Crippen molar-refractivity contribution in [3.63, 3.8) is 0 Å². The van der Waals surface area contributed by atoms with Crippen LogP contribution in [-0.2, 0) is 27.0 Å². The number of carbonyl (C=O) groups is 2. The van der Waals surface area contributed by atoms with Crippen molar-refractivity contribution in [2.24, 2.45) is 0 Å². The van der Waals surface area contributed by atoms with Crippen LogP contribution >= 0.6 is 15.9 Å². The van der Waals surface area contributed by atoms with Crippen LogP contribution in [0.15, 0.2) is 40.9 Å². The zero-order chi connectivity index (χ0) is 32.1. The molecule has 0 aromatic heterocycles. The van der Waals surface area contributed by atoms with Gasteiger partial charge in [0.15, 0.2) is 14.1 Å². The number of rotatable bonds is 10. The zero-order valence-corrected chi connectivity index (χ0v) is 27.7. The van der Waals surface area contributed by atoms with Crippen LogP contribution in [0.4, 0.5) is 28.0 Å². The molecule has 0 bridgehead atoms. The average Bonchev–Trinajstić information content (AvgIpc) is 2.83. The van der Waals surface area contributed by atoms with Gasteiger partial charge in [-0.25, -0.2) is 9.18 Å². The lowest BCUT2D eigenvalue weighted by molar-refractivity contribution is -0.167. The molecule has 2 amide bonds. The molecule has 2 aromatic rings. The summed E-state index contributed by atoms with van der Waals surface area (Å²) in [7, 11) is -2.32. The van der Waals surface area contributed by atoms with E-state index in [4.69, 9.17) is 13.9 Å². The Balaban J connectivity index is 2.49. The number of hydrogen-bond acceptors (Lipinski definition) is 5. The van der Waals surface area contributed by atoms with Gasteiger partial charge in [-0.1, -0.05) is 67.0 Å². The molecule has 1 atom stereocenters. The standard InChI is InChI=1S/C29H39BrF4N2O5Si/c1-27(2,3)41-26(38)35-19(17-40-42(7,8)28(4,5)6)14-20-21(30)15-22(39-16-18-12-10-9-11-13-18)24(23(20)31)36-25(37)29(32,33)34/h9-13,15,19H,14,16-17H2,1-8H3,(H,35,38)(H,36,37)/t19-/m0/s1. The Morgan fingerprint density at radius 1 is 1.02 bits per heavy atom. The third-order valence-electron chi connectivity index (χ3n) is 6.63. The summed E-state index contributed by atoms with van der Waals surface area (Å²) in [4.78, 5) is 24.5. The largest absolute Gasteiger partial charge is 0.487 e. The molecule has 0 saturated carbocycles. The summed E-state index contributed by atoms with van der Waals surface area (Å²) in [6, 6.07) is 9.17. The highest BCUT2D eigenvalue weighted by Crippen LogP contribution is 2.39. The summed E-state index contributed by atoms with van der Waals surface area (Å²) in [5, 5.41) is 4.15. The minimum Gasteiger partial charge on any atom is -0.487 e. The lowest BCUT2D eigenvalue weighted by atomic mass is 10.0. The fraction of sp³-hybridized carbons (Fsp3) is 0.517. The Hall–Kier alpha value is -2.64. The predicted molar refractivity (Wildman–Crippen MR) is 160 cm³/mol. The van der Waals surface area contributed by atoms with Gasteiger partial charge in [-0.15, -0.1) is 0 Å². The van der Waals surface area contributed by atoms with E-state index in [0.29, 0.717) is 5.56 Å². The van der Waals surface area contributed by atoms with E-state index in [1.807, 2.05) is 33.9 Å². The van der Waals surface area contributed by atoms with Crippen molar-refractivity contribution in [2.75, 3.05) is 11.9 Å². The number of benzene rings is 2. The maximum absolute atomic E-state index is 16.0. The van der Waals surface area contributed by atoms with Crippen molar-refractivity contribution < 1.29 is 41.1 Å². The van der Waals surface area contributed by atoms with Crippen molar-refractivity contribution in [2.45, 2.75) is 90.5 Å². The van der Waals surface area contributed by atoms with E-state index in [-0.39, 0.29) is 40.5 Å². The predicted octanol–water partition coefficient (Wildman–Crippen LogP) is 8.13. The van der Waals surface area contributed by atoms with Crippen LogP contribution in [0.5, 0.6) is 5.75 Å². The van der Waals surface area contributed by atoms with Crippen molar-refractivity contribution in [1.29, 1.82) is 0 Å². The molecular formula is C29H39BrF4N2O5Si. The molecule has 0 saturated heterocycles. The van der Waals surface area contributed by atoms with Crippen molar-refractivity contribution in [3.05, 3.63) is 57.8 Å². The van der Waals surface area contributed by atoms with Crippen LogP contribution in [0, 0.1) is 5.82 Å². The molecule has 0 heterocycles. The summed E-state index contributed by atoms with van der Waals surface area (Å²) in [5.41, 5.74) is -1.00. The molecule has 0 aliphatic heterocycles. The van der Waals surface area contributed by atoms with E-state index >= 15 is 4.39 Å². The van der Waals surface area contributed by atoms with Crippen LogP contribution in [0.3, 0.4) is 0 Å². The van der Waals surface area contributed by atoms with Crippen LogP contribution in [-0.4, -0.2) is 44.7 Å². The maximum Gasteiger partial charge on any atom is 0.471 e. The van der Waals surface area contributed by atoms with Gasteiger partial charge in [0, 0.05) is 10.0 Å². The molecule has 0 spiro atoms. The van der Waals surface area contributed by atoms with Gasteiger partial charge in [-0.2, -0.15) is 13.2 Å². The van der Waals surface area contributed by atoms with E-state index < -0.39 is 49.6 Å². The van der Waals surface area contributed by atoms with Gasteiger partial charge in [0.2, 0.25) is 0 Å². The summed E-state index contributed by atoms with van der Waals surface area (Å²) in [6.07, 6.45) is -6.24. The number of anilines is 1. The van der Waals surface area contributed by atoms with E-state index in [9.17, 15) is 22.8 Å². The Morgan fingerprint density at radius 2 is 1.62 bits per heavy atom. The van der Waals surface area contributed by atoms with Crippen molar-refractivity contribution >= 4 is 41.9 Å². The second-order valence-electron chi connectivity index (χ2n) is 12.4. The second kappa shape index (κ2) is 13.8. The first-order valence-electron chi connectivity index (χ1n) is 13.3. The SMILES string of the molecule is CC(C)(C)OC(=O)N[C@H](CO[Si](C)(C)C(C)(C)C)Cc1c(Br)cc(OCc2ccccc2)c(NC(=O)C(F)(F)F)c1F. The van der Waals surface area contributed by atoms with Gasteiger partial charge >= 0.3 is 18.2 Å². The second-order valence-corrected chi connectivity index (χ2v) is 18.0. The van der Waals surface area contributed by atoms with Gasteiger partial charge in [-0.3, -0.25) is 4.79 Å². The highest BCUT2D eigenvalue weighted by molar-refractivity contribution is 9.10. The normalized spacial score (nSPS) is 13.4. The van der Waals surface area contributed by atoms with Gasteiger partial charge in [0.05, 0.1) is 12.6 Å². The Kier molecular flexibility index (Phi) is 11.7. The lowest BCUT2D eigenvalue weighted by Crippen LogP contribution is -2.48. The van der Waals surface area contributed by atoms with E-state index in [2.05, 4.69) is 21.2 Å². The number of halogens is 5. The molecule has 2 rings (SSSR count). The maximum atomic E-state index is 16.0. The third kappa shape index (κ3) is 10.6. The molecule has 0 unspecified atom stereocenters. The Labute approximate surface area is 253 Å². The number of alkyl halides is 3. The minimum atomic E-state index is -5.27. The molecule has 0 radical (unpaired) electrons. The van der Waals surface area contributed by atoms with Gasteiger partial charge in [0.1, 0.15) is 23.6 Å². The highest BCUT2D eigenvalue weighted by atomic mass is 79.9. The number of amides is 2. The quantitative estimate of drug-likeness (QED) is 0.196. The first kappa shape index (κ1) is 35.6. The summed E-state index contributed by atoms with van der Waals surface area (Å²) in [5.74, 6) is -3.81. The molecule has 2 N–H and O–H groups in total. The highest BCUT2D eigenvalue weighted by Gasteiger charge is 2.41. The van der Waals surface area contributed by atoms with Crippen LogP contribution < -0.4 is 15.4 Å². The molecule has 0 aliphatic carbocycles. The Morgan fingerprint density at radius 3 is 2.14 bits per heavy atom. The summed E-state index contributed by atoms with van der Waals surface area (Å²) in [6.45, 7) is 15.1. The van der Waals surface area contributed by atoms with Crippen LogP contribution in [0.25, 0.3) is 0 Å². The van der Waals surface area contributed by atoms with E-state index in [1.54, 1.807) is 56.4 Å². The fourth-order valence-corrected chi connectivity index (χ4v) is 4.97. The van der Waals surface area contributed by atoms with Gasteiger partial charge in [-0.05, 0) is 57.0 Å². The first-order chi connectivity index (χ1) is 19.1. The minimum absolute atomic E-state index is 0.0158. The zero-order valence-electron chi connectivity index (χ0n) is 25.1. The molecule has 42 heavy (non-hydrogen) atoms. The first-order valence-corrected chi connectivity index (χ1v) is 17.0. The van der Waals surface area contributed by atoms with E-state index in [1.165, 1.54) is 6.07 Å². The fourth-order valence-electron chi connectivity index (χ4n) is 3.37. The van der Waals surface area contributed by atoms with Crippen molar-refractivity contribution in [3.8, 4) is 5.75 Å². The van der Waals surface area contributed by atoms with Crippen LogP contribution in [0.1, 0.15) is 52.7 Å². The van der Waals surface area contributed by atoms with Crippen LogP contribution in [0.2, 0.25) is 18.1 Å². The molecule has 0 fully saturated rings. The lowest BCUT2D eigenvalue weighted by Gasteiger charge is -2.37. The number of carbonyl (C=O) groups excluding carboxylic acids is 2. The summed E-state index contributed by atoms with van der Waals surface area (Å²) >= 11 is 3.30. The topological polar surface area (TPSA) is 85.9 Å². The molecule has 0 aliphatic rings. The number of hydrogen-bond donors (Lipinski definition) is 2. The molecule has 13 heteroatoms. The van der Waals surface area contributed by atoms with Gasteiger partial charge in [0.25, 0.3) is 0 Å². The molecule has 2 aromatic carbocycles. The average molecular weight is 680 g/mol. The third-order valence-corrected chi connectivity index (χ3v) is 11.8. The smallest absolute Gasteiger partial charge is 0.471 e.